The molecule has 98 valence electrons. The molecule has 3 nitrogen and oxygen atoms in total. The van der Waals surface area contributed by atoms with E-state index in [1.807, 2.05) is 0 Å². The van der Waals surface area contributed by atoms with Gasteiger partial charge in [-0.1, -0.05) is 19.3 Å². The molecular formula is C14H21N3S. The molecule has 2 atom stereocenters. The minimum Gasteiger partial charge on any atom is -0.317 e. The summed E-state index contributed by atoms with van der Waals surface area (Å²) in [6.45, 7) is 0. The molecule has 2 aromatic rings. The summed E-state index contributed by atoms with van der Waals surface area (Å²) in [4.78, 5) is 5.84. The molecule has 4 heteroatoms. The Balaban J connectivity index is 1.75. The van der Waals surface area contributed by atoms with Crippen molar-refractivity contribution in [2.24, 2.45) is 5.92 Å². The van der Waals surface area contributed by atoms with Crippen molar-refractivity contribution in [3.05, 3.63) is 23.5 Å². The van der Waals surface area contributed by atoms with Crippen LogP contribution in [0.5, 0.6) is 0 Å². The van der Waals surface area contributed by atoms with E-state index in [2.05, 4.69) is 34.5 Å². The van der Waals surface area contributed by atoms with Gasteiger partial charge in [-0.05, 0) is 32.2 Å². The Kier molecular flexibility index (Phi) is 3.66. The molecule has 2 unspecified atom stereocenters. The van der Waals surface area contributed by atoms with Gasteiger partial charge in [-0.15, -0.1) is 11.3 Å². The third-order valence-corrected chi connectivity index (χ3v) is 4.92. The molecular weight excluding hydrogens is 242 g/mol. The van der Waals surface area contributed by atoms with Crippen molar-refractivity contribution in [1.82, 2.24) is 14.7 Å². The van der Waals surface area contributed by atoms with E-state index in [1.54, 1.807) is 11.3 Å². The maximum absolute atomic E-state index is 4.72. The normalized spacial score (nSPS) is 25.4. The summed E-state index contributed by atoms with van der Waals surface area (Å²) in [6.07, 6.45) is 12.2. The number of rotatable bonds is 3. The highest BCUT2D eigenvalue weighted by atomic mass is 32.1. The molecule has 0 spiro atoms. The van der Waals surface area contributed by atoms with Crippen molar-refractivity contribution in [3.8, 4) is 0 Å². The smallest absolute Gasteiger partial charge is 0.193 e. The average molecular weight is 263 g/mol. The fourth-order valence-electron chi connectivity index (χ4n) is 3.15. The lowest BCUT2D eigenvalue weighted by Gasteiger charge is -2.23. The van der Waals surface area contributed by atoms with Crippen molar-refractivity contribution in [3.63, 3.8) is 0 Å². The van der Waals surface area contributed by atoms with Crippen LogP contribution >= 0.6 is 11.3 Å². The molecule has 0 aliphatic heterocycles. The summed E-state index contributed by atoms with van der Waals surface area (Å²) in [6, 6.07) is 0.673. The van der Waals surface area contributed by atoms with Crippen LogP contribution < -0.4 is 5.32 Å². The number of hydrogen-bond donors (Lipinski definition) is 1. The number of fused-ring (bicyclic) bond motifs is 1. The average Bonchev–Trinajstić information content (AvgIpc) is 2.85. The monoisotopic (exact) mass is 263 g/mol. The van der Waals surface area contributed by atoms with E-state index in [9.17, 15) is 0 Å². The summed E-state index contributed by atoms with van der Waals surface area (Å²) in [5.74, 6) is 0.752. The number of nitrogens with one attached hydrogen (secondary N) is 1. The Bertz CT molecular complexity index is 473. The molecule has 1 N–H and O–H groups in total. The standard InChI is InChI=1S/C14H21N3S/c1-15-13-6-4-2-3-5-11(13)9-12-10-17-7-8-18-14(17)16-12/h7-8,10-11,13,15H,2-6,9H2,1H3. The van der Waals surface area contributed by atoms with Crippen LogP contribution in [0.15, 0.2) is 17.8 Å². The van der Waals surface area contributed by atoms with Gasteiger partial charge < -0.3 is 5.32 Å². The summed E-state index contributed by atoms with van der Waals surface area (Å²) < 4.78 is 2.14. The van der Waals surface area contributed by atoms with Crippen LogP contribution in [-0.2, 0) is 6.42 Å². The van der Waals surface area contributed by atoms with Gasteiger partial charge in [-0.2, -0.15) is 0 Å². The minimum absolute atomic E-state index is 0.673. The highest BCUT2D eigenvalue weighted by Gasteiger charge is 2.23. The maximum atomic E-state index is 4.72. The van der Waals surface area contributed by atoms with Crippen molar-refractivity contribution in [2.45, 2.75) is 44.6 Å². The van der Waals surface area contributed by atoms with Crippen LogP contribution in [0.25, 0.3) is 4.96 Å². The third-order valence-electron chi connectivity index (χ3n) is 4.14. The molecule has 0 bridgehead atoms. The lowest BCUT2D eigenvalue weighted by atomic mass is 9.90. The predicted octanol–water partition coefficient (Wildman–Crippen LogP) is 3.11. The largest absolute Gasteiger partial charge is 0.317 e. The van der Waals surface area contributed by atoms with Crippen molar-refractivity contribution < 1.29 is 0 Å². The molecule has 1 aliphatic carbocycles. The van der Waals surface area contributed by atoms with E-state index in [-0.39, 0.29) is 0 Å². The summed E-state index contributed by atoms with van der Waals surface area (Å²) in [5.41, 5.74) is 1.26. The molecule has 2 aromatic heterocycles. The highest BCUT2D eigenvalue weighted by Crippen LogP contribution is 2.26. The van der Waals surface area contributed by atoms with Crippen LogP contribution in [0, 0.1) is 5.92 Å². The van der Waals surface area contributed by atoms with Gasteiger partial charge in [0.1, 0.15) is 0 Å². The maximum Gasteiger partial charge on any atom is 0.193 e. The second kappa shape index (κ2) is 5.41. The Labute approximate surface area is 112 Å². The first-order valence-electron chi connectivity index (χ1n) is 6.95. The zero-order valence-electron chi connectivity index (χ0n) is 10.9. The van der Waals surface area contributed by atoms with Gasteiger partial charge in [0.25, 0.3) is 0 Å². The van der Waals surface area contributed by atoms with Gasteiger partial charge in [-0.3, -0.25) is 4.40 Å². The minimum atomic E-state index is 0.673. The van der Waals surface area contributed by atoms with Gasteiger partial charge in [-0.25, -0.2) is 4.98 Å². The second-order valence-corrected chi connectivity index (χ2v) is 6.20. The van der Waals surface area contributed by atoms with Crippen molar-refractivity contribution in [1.29, 1.82) is 0 Å². The summed E-state index contributed by atoms with van der Waals surface area (Å²) in [5, 5.41) is 5.60. The molecule has 1 aliphatic rings. The topological polar surface area (TPSA) is 29.3 Å². The molecule has 0 radical (unpaired) electrons. The second-order valence-electron chi connectivity index (χ2n) is 5.32. The lowest BCUT2D eigenvalue weighted by Crippen LogP contribution is -2.33. The fraction of sp³-hybridized carbons (Fsp3) is 0.643. The zero-order chi connectivity index (χ0) is 12.4. The molecule has 0 aromatic carbocycles. The third kappa shape index (κ3) is 2.45. The number of aromatic nitrogens is 2. The Morgan fingerprint density at radius 2 is 2.28 bits per heavy atom. The quantitative estimate of drug-likeness (QED) is 0.862. The Morgan fingerprint density at radius 1 is 1.39 bits per heavy atom. The Morgan fingerprint density at radius 3 is 3.11 bits per heavy atom. The number of hydrogen-bond acceptors (Lipinski definition) is 3. The van der Waals surface area contributed by atoms with Crippen molar-refractivity contribution in [2.75, 3.05) is 7.05 Å². The van der Waals surface area contributed by atoms with E-state index in [0.717, 1.165) is 17.3 Å². The van der Waals surface area contributed by atoms with Crippen LogP contribution in [0.2, 0.25) is 0 Å². The van der Waals surface area contributed by atoms with Crippen LogP contribution in [-0.4, -0.2) is 22.5 Å². The summed E-state index contributed by atoms with van der Waals surface area (Å²) in [7, 11) is 2.11. The molecule has 2 heterocycles. The summed E-state index contributed by atoms with van der Waals surface area (Å²) >= 11 is 1.72. The SMILES string of the molecule is CNC1CCCCCC1Cc1cn2ccsc2n1. The Hall–Kier alpha value is -0.870. The molecule has 1 saturated carbocycles. The molecule has 3 rings (SSSR count). The van der Waals surface area contributed by atoms with E-state index < -0.39 is 0 Å². The van der Waals surface area contributed by atoms with E-state index >= 15 is 0 Å². The van der Waals surface area contributed by atoms with Crippen LogP contribution in [0.3, 0.4) is 0 Å². The first kappa shape index (κ1) is 12.2. The van der Waals surface area contributed by atoms with Gasteiger partial charge in [0.05, 0.1) is 5.69 Å². The fourth-order valence-corrected chi connectivity index (χ4v) is 3.87. The van der Waals surface area contributed by atoms with E-state index in [1.165, 1.54) is 37.8 Å². The number of imidazole rings is 1. The van der Waals surface area contributed by atoms with Crippen LogP contribution in [0.4, 0.5) is 0 Å². The van der Waals surface area contributed by atoms with E-state index in [0.29, 0.717) is 6.04 Å². The number of thiazole rings is 1. The number of nitrogens with zero attached hydrogens (tertiary/aromatic N) is 2. The van der Waals surface area contributed by atoms with Gasteiger partial charge >= 0.3 is 0 Å². The first-order chi connectivity index (χ1) is 8.86. The van der Waals surface area contributed by atoms with Gasteiger partial charge in [0.2, 0.25) is 0 Å². The zero-order valence-corrected chi connectivity index (χ0v) is 11.7. The highest BCUT2D eigenvalue weighted by molar-refractivity contribution is 7.15. The van der Waals surface area contributed by atoms with Crippen LogP contribution in [0.1, 0.15) is 37.8 Å². The van der Waals surface area contributed by atoms with Gasteiger partial charge in [0, 0.05) is 23.8 Å². The molecule has 0 amide bonds. The molecule has 18 heavy (non-hydrogen) atoms. The molecule has 0 saturated heterocycles. The first-order valence-corrected chi connectivity index (χ1v) is 7.83. The van der Waals surface area contributed by atoms with E-state index in [4.69, 9.17) is 4.98 Å². The lowest BCUT2D eigenvalue weighted by molar-refractivity contribution is 0.348. The van der Waals surface area contributed by atoms with Gasteiger partial charge in [0.15, 0.2) is 4.96 Å². The molecule has 1 fully saturated rings. The predicted molar refractivity (Wildman–Crippen MR) is 76.2 cm³/mol. The van der Waals surface area contributed by atoms with Crippen molar-refractivity contribution >= 4 is 16.3 Å².